The molecular formula is C3H9ClNa2O3. The molecule has 0 aliphatic carbocycles. The summed E-state index contributed by atoms with van der Waals surface area (Å²) < 4.78 is 0. The van der Waals surface area contributed by atoms with Crippen molar-refractivity contribution in [3.63, 3.8) is 0 Å². The molecule has 0 fully saturated rings. The molecular weight excluding hydrogens is 165 g/mol. The number of rotatable bonds is 1. The molecule has 1 unspecified atom stereocenters. The first kappa shape index (κ1) is 22.4. The van der Waals surface area contributed by atoms with Crippen LogP contribution in [0.25, 0.3) is 0 Å². The molecule has 3 nitrogen and oxygen atoms in total. The van der Waals surface area contributed by atoms with Gasteiger partial charge in [0.05, 0.1) is 0 Å². The van der Waals surface area contributed by atoms with Crippen molar-refractivity contribution in [3.05, 3.63) is 0 Å². The number of halogens is 1. The van der Waals surface area contributed by atoms with Crippen molar-refractivity contribution in [2.75, 3.05) is 0 Å². The molecule has 9 heavy (non-hydrogen) atoms. The van der Waals surface area contributed by atoms with Crippen LogP contribution in [0.15, 0.2) is 0 Å². The second kappa shape index (κ2) is 12.4. The fourth-order valence-corrected chi connectivity index (χ4v) is 0. The van der Waals surface area contributed by atoms with Gasteiger partial charge in [-0.3, -0.25) is 0 Å². The minimum absolute atomic E-state index is 0. The second-order valence-corrected chi connectivity index (χ2v) is 1.01. The van der Waals surface area contributed by atoms with E-state index in [1.54, 1.807) is 0 Å². The summed E-state index contributed by atoms with van der Waals surface area (Å²) in [6, 6.07) is 0. The maximum absolute atomic E-state index is 9.45. The zero-order valence-electron chi connectivity index (χ0n) is 3.79. The molecule has 0 aliphatic rings. The fourth-order valence-electron chi connectivity index (χ4n) is 0. The molecule has 0 saturated carbocycles. The van der Waals surface area contributed by atoms with Crippen molar-refractivity contribution in [1.82, 2.24) is 0 Å². The van der Waals surface area contributed by atoms with Gasteiger partial charge in [0.2, 0.25) is 0 Å². The van der Waals surface area contributed by atoms with Gasteiger partial charge in [0.15, 0.2) is 0 Å². The van der Waals surface area contributed by atoms with Gasteiger partial charge in [0.1, 0.15) is 6.10 Å². The molecule has 0 rings (SSSR count). The second-order valence-electron chi connectivity index (χ2n) is 1.01. The average Bonchev–Trinajstić information content (AvgIpc) is 1.36. The van der Waals surface area contributed by atoms with Crippen LogP contribution in [0.1, 0.15) is 6.92 Å². The first-order valence-corrected chi connectivity index (χ1v) is 1.55. The van der Waals surface area contributed by atoms with E-state index in [9.17, 15) is 4.79 Å². The van der Waals surface area contributed by atoms with E-state index < -0.39 is 12.1 Å². The predicted molar refractivity (Wildman–Crippen MR) is 40.9 cm³/mol. The van der Waals surface area contributed by atoms with E-state index in [4.69, 9.17) is 10.2 Å². The maximum atomic E-state index is 9.45. The van der Waals surface area contributed by atoms with Crippen LogP contribution in [-0.4, -0.2) is 81.4 Å². The third-order valence-electron chi connectivity index (χ3n) is 0.357. The summed E-state index contributed by atoms with van der Waals surface area (Å²) in [5.41, 5.74) is 0. The van der Waals surface area contributed by atoms with E-state index in [1.165, 1.54) is 6.92 Å². The number of hydrogen-bond donors (Lipinski definition) is 2. The molecule has 0 aliphatic heterocycles. The van der Waals surface area contributed by atoms with Gasteiger partial charge >= 0.3 is 65.1 Å². The summed E-state index contributed by atoms with van der Waals surface area (Å²) in [4.78, 5) is 9.45. The van der Waals surface area contributed by atoms with Crippen molar-refractivity contribution < 1.29 is 15.0 Å². The van der Waals surface area contributed by atoms with Crippen LogP contribution in [0.5, 0.6) is 0 Å². The molecule has 0 heterocycles. The fraction of sp³-hybridized carbons (Fsp3) is 0.667. The topological polar surface area (TPSA) is 57.5 Å². The molecule has 0 radical (unpaired) electrons. The monoisotopic (exact) mass is 174 g/mol. The Balaban J connectivity index is -0.0000000417. The van der Waals surface area contributed by atoms with Gasteiger partial charge in [-0.15, -0.1) is 12.4 Å². The molecule has 0 spiro atoms. The van der Waals surface area contributed by atoms with E-state index >= 15 is 0 Å². The van der Waals surface area contributed by atoms with Gasteiger partial charge < -0.3 is 10.2 Å². The van der Waals surface area contributed by atoms with Gasteiger partial charge in [-0.2, -0.15) is 0 Å². The van der Waals surface area contributed by atoms with Crippen molar-refractivity contribution in [2.24, 2.45) is 0 Å². The molecule has 0 aromatic rings. The number of aliphatic carboxylic acids is 1. The van der Waals surface area contributed by atoms with Crippen LogP contribution in [0.4, 0.5) is 0 Å². The number of hydrogen-bond acceptors (Lipinski definition) is 2. The van der Waals surface area contributed by atoms with Crippen molar-refractivity contribution in [1.29, 1.82) is 0 Å². The first-order chi connectivity index (χ1) is 2.64. The summed E-state index contributed by atoms with van der Waals surface area (Å²) in [5.74, 6) is -1.19. The van der Waals surface area contributed by atoms with Crippen LogP contribution in [0.2, 0.25) is 0 Å². The van der Waals surface area contributed by atoms with E-state index in [0.717, 1.165) is 0 Å². The van der Waals surface area contributed by atoms with Crippen LogP contribution in [0, 0.1) is 0 Å². The third-order valence-corrected chi connectivity index (χ3v) is 0.357. The number of carboxylic acids is 1. The van der Waals surface area contributed by atoms with Gasteiger partial charge in [-0.25, -0.2) is 4.79 Å². The average molecular weight is 175 g/mol. The minimum atomic E-state index is -1.23. The molecule has 0 bridgehead atoms. The summed E-state index contributed by atoms with van der Waals surface area (Å²) in [6.45, 7) is 1.20. The summed E-state index contributed by atoms with van der Waals surface area (Å²) >= 11 is 0. The van der Waals surface area contributed by atoms with Crippen molar-refractivity contribution >= 4 is 77.5 Å². The molecule has 0 amide bonds. The van der Waals surface area contributed by atoms with Gasteiger partial charge in [-0.05, 0) is 6.92 Å². The Morgan fingerprint density at radius 2 is 1.56 bits per heavy atom. The van der Waals surface area contributed by atoms with E-state index in [-0.39, 0.29) is 71.5 Å². The van der Waals surface area contributed by atoms with Crippen molar-refractivity contribution in [3.8, 4) is 0 Å². The molecule has 6 heteroatoms. The molecule has 0 saturated heterocycles. The van der Waals surface area contributed by atoms with E-state index in [1.807, 2.05) is 0 Å². The number of carbonyl (C=O) groups is 1. The zero-order valence-corrected chi connectivity index (χ0v) is 4.60. The summed E-state index contributed by atoms with van der Waals surface area (Å²) in [6.07, 6.45) is -1.23. The Morgan fingerprint density at radius 3 is 1.56 bits per heavy atom. The number of carboxylic acid groups (broad SMARTS) is 1. The Bertz CT molecular complexity index is 68.1. The quantitative estimate of drug-likeness (QED) is 0.480. The predicted octanol–water partition coefficient (Wildman–Crippen LogP) is -1.42. The van der Waals surface area contributed by atoms with Crippen LogP contribution in [0.3, 0.4) is 0 Å². The first-order valence-electron chi connectivity index (χ1n) is 1.55. The van der Waals surface area contributed by atoms with E-state index in [2.05, 4.69) is 0 Å². The Morgan fingerprint density at radius 1 is 1.44 bits per heavy atom. The summed E-state index contributed by atoms with van der Waals surface area (Å²) in [7, 11) is 0. The summed E-state index contributed by atoms with van der Waals surface area (Å²) in [5, 5.41) is 15.8. The van der Waals surface area contributed by atoms with Gasteiger partial charge in [0.25, 0.3) is 0 Å². The Hall–Kier alpha value is 1.72. The van der Waals surface area contributed by atoms with Crippen LogP contribution < -0.4 is 0 Å². The SMILES string of the molecule is CC(O)C(=O)O.Cl.[NaH].[NaH]. The molecule has 2 N–H and O–H groups in total. The van der Waals surface area contributed by atoms with Crippen molar-refractivity contribution in [2.45, 2.75) is 13.0 Å². The Kier molecular flexibility index (Phi) is 30.9. The van der Waals surface area contributed by atoms with Gasteiger partial charge in [0, 0.05) is 0 Å². The van der Waals surface area contributed by atoms with Crippen LogP contribution >= 0.6 is 12.4 Å². The number of aliphatic hydroxyl groups excluding tert-OH is 1. The van der Waals surface area contributed by atoms with Crippen LogP contribution in [-0.2, 0) is 4.79 Å². The molecule has 1 atom stereocenters. The standard InChI is InChI=1S/C3H6O3.ClH.2Na.2H/c1-2(4)3(5)6;;;;;/h2,4H,1H3,(H,5,6);1H;;;;. The Labute approximate surface area is 104 Å². The number of aliphatic hydroxyl groups is 1. The normalized spacial score (nSPS) is 9.11. The molecule has 0 aromatic heterocycles. The molecule has 48 valence electrons. The van der Waals surface area contributed by atoms with E-state index in [0.29, 0.717) is 0 Å². The third kappa shape index (κ3) is 17.7. The molecule has 0 aromatic carbocycles. The zero-order chi connectivity index (χ0) is 5.15. The van der Waals surface area contributed by atoms with Gasteiger partial charge in [-0.1, -0.05) is 0 Å².